The van der Waals surface area contributed by atoms with E-state index in [1.165, 1.54) is 27.2 Å². The first-order valence-electron chi connectivity index (χ1n) is 10.6. The van der Waals surface area contributed by atoms with E-state index >= 15 is 0 Å². The van der Waals surface area contributed by atoms with Crippen LogP contribution in [0.4, 0.5) is 0 Å². The minimum absolute atomic E-state index is 0.0795. The molecule has 174 valence electrons. The van der Waals surface area contributed by atoms with E-state index in [-0.39, 0.29) is 53.4 Å². The predicted octanol–water partition coefficient (Wildman–Crippen LogP) is 3.15. The maximum absolute atomic E-state index is 13.4. The van der Waals surface area contributed by atoms with E-state index in [2.05, 4.69) is 0 Å². The van der Waals surface area contributed by atoms with Crippen molar-refractivity contribution in [2.24, 2.45) is 5.41 Å². The number of carbonyl (C=O) groups is 4. The highest BCUT2D eigenvalue weighted by Gasteiger charge is 2.46. The summed E-state index contributed by atoms with van der Waals surface area (Å²) in [5.41, 5.74) is -0.651. The van der Waals surface area contributed by atoms with E-state index in [0.29, 0.717) is 11.3 Å². The Morgan fingerprint density at radius 3 is 1.94 bits per heavy atom. The molecule has 0 saturated carbocycles. The maximum Gasteiger partial charge on any atom is 0.323 e. The normalized spacial score (nSPS) is 12.5. The van der Waals surface area contributed by atoms with Crippen LogP contribution < -0.4 is 9.47 Å². The average Bonchev–Trinajstić information content (AvgIpc) is 2.81. The summed E-state index contributed by atoms with van der Waals surface area (Å²) < 4.78 is 21.1. The zero-order valence-electron chi connectivity index (χ0n) is 19.3. The zero-order chi connectivity index (χ0) is 24.3. The van der Waals surface area contributed by atoms with Gasteiger partial charge in [0, 0.05) is 17.5 Å². The van der Waals surface area contributed by atoms with Gasteiger partial charge in [-0.05, 0) is 38.5 Å². The van der Waals surface area contributed by atoms with Gasteiger partial charge in [0.25, 0.3) is 0 Å². The van der Waals surface area contributed by atoms with Gasteiger partial charge in [-0.1, -0.05) is 18.2 Å². The molecule has 8 heteroatoms. The van der Waals surface area contributed by atoms with Gasteiger partial charge < -0.3 is 18.9 Å². The number of benzene rings is 2. The predicted molar refractivity (Wildman–Crippen MR) is 118 cm³/mol. The van der Waals surface area contributed by atoms with Crippen LogP contribution in [0.5, 0.6) is 11.5 Å². The van der Waals surface area contributed by atoms with Crippen LogP contribution in [-0.4, -0.2) is 50.9 Å². The molecular weight excluding hydrogens is 428 g/mol. The van der Waals surface area contributed by atoms with Crippen LogP contribution in [-0.2, 0) is 25.5 Å². The van der Waals surface area contributed by atoms with Gasteiger partial charge in [0.05, 0.1) is 38.6 Å². The largest absolute Gasteiger partial charge is 0.496 e. The van der Waals surface area contributed by atoms with Crippen LogP contribution in [0.2, 0.25) is 0 Å². The lowest BCUT2D eigenvalue weighted by molar-refractivity contribution is -0.170. The Bertz CT molecular complexity index is 1110. The van der Waals surface area contributed by atoms with E-state index < -0.39 is 23.1 Å². The average molecular weight is 454 g/mol. The lowest BCUT2D eigenvalue weighted by Crippen LogP contribution is -2.41. The second kappa shape index (κ2) is 9.44. The fourth-order valence-electron chi connectivity index (χ4n) is 4.00. The SMILES string of the molecule is CCOC(=O)C(C)(Cc1ccc2c(c1OC)C(=O)c1cccc(OC)c1C2=O)C(=O)OCC. The molecule has 0 fully saturated rings. The summed E-state index contributed by atoms with van der Waals surface area (Å²) in [5, 5.41) is 0. The Labute approximate surface area is 191 Å². The summed E-state index contributed by atoms with van der Waals surface area (Å²) in [6.07, 6.45) is -0.145. The number of rotatable bonds is 8. The number of methoxy groups -OCH3 is 2. The lowest BCUT2D eigenvalue weighted by Gasteiger charge is -2.27. The van der Waals surface area contributed by atoms with Crippen molar-refractivity contribution < 1.29 is 38.1 Å². The highest BCUT2D eigenvalue weighted by Crippen LogP contribution is 2.40. The third kappa shape index (κ3) is 3.97. The summed E-state index contributed by atoms with van der Waals surface area (Å²) in [6, 6.07) is 7.86. The van der Waals surface area contributed by atoms with Crippen molar-refractivity contribution in [1.29, 1.82) is 0 Å². The molecule has 2 aromatic carbocycles. The number of hydrogen-bond acceptors (Lipinski definition) is 8. The summed E-state index contributed by atoms with van der Waals surface area (Å²) in [7, 11) is 2.79. The van der Waals surface area contributed by atoms with Crippen LogP contribution in [0.25, 0.3) is 0 Å². The van der Waals surface area contributed by atoms with Gasteiger partial charge in [0.2, 0.25) is 0 Å². The van der Waals surface area contributed by atoms with Gasteiger partial charge in [0.1, 0.15) is 11.5 Å². The van der Waals surface area contributed by atoms with E-state index in [0.717, 1.165) is 0 Å². The Morgan fingerprint density at radius 1 is 0.818 bits per heavy atom. The number of fused-ring (bicyclic) bond motifs is 2. The van der Waals surface area contributed by atoms with Gasteiger partial charge >= 0.3 is 11.9 Å². The standard InChI is InChI=1S/C25H26O8/c1-6-32-23(28)25(3,24(29)33-7-2)13-14-11-12-16-19(22(14)31-5)21(27)15-9-8-10-17(30-4)18(15)20(16)26/h8-12H,6-7,13H2,1-5H3. The van der Waals surface area contributed by atoms with Crippen molar-refractivity contribution in [3.63, 3.8) is 0 Å². The molecule has 0 bridgehead atoms. The lowest BCUT2D eigenvalue weighted by atomic mass is 9.78. The van der Waals surface area contributed by atoms with Crippen LogP contribution in [0.1, 0.15) is 58.2 Å². The van der Waals surface area contributed by atoms with E-state index in [9.17, 15) is 19.2 Å². The molecule has 1 aliphatic rings. The first-order valence-corrected chi connectivity index (χ1v) is 10.6. The zero-order valence-corrected chi connectivity index (χ0v) is 19.3. The monoisotopic (exact) mass is 454 g/mol. The van der Waals surface area contributed by atoms with Crippen molar-refractivity contribution >= 4 is 23.5 Å². The van der Waals surface area contributed by atoms with Crippen LogP contribution in [0, 0.1) is 5.41 Å². The van der Waals surface area contributed by atoms with Crippen molar-refractivity contribution in [3.05, 3.63) is 58.1 Å². The van der Waals surface area contributed by atoms with Crippen molar-refractivity contribution in [2.75, 3.05) is 27.4 Å². The van der Waals surface area contributed by atoms with Gasteiger partial charge in [-0.2, -0.15) is 0 Å². The third-order valence-corrected chi connectivity index (χ3v) is 5.63. The molecule has 8 nitrogen and oxygen atoms in total. The van der Waals surface area contributed by atoms with Crippen LogP contribution >= 0.6 is 0 Å². The number of ketones is 2. The molecule has 0 saturated heterocycles. The summed E-state index contributed by atoms with van der Waals surface area (Å²) in [6.45, 7) is 4.87. The van der Waals surface area contributed by atoms with Crippen LogP contribution in [0.15, 0.2) is 30.3 Å². The molecular formula is C25H26O8. The van der Waals surface area contributed by atoms with E-state index in [1.807, 2.05) is 0 Å². The molecule has 0 N–H and O–H groups in total. The molecule has 0 radical (unpaired) electrons. The molecule has 1 aliphatic carbocycles. The fourth-order valence-corrected chi connectivity index (χ4v) is 4.00. The molecule has 0 amide bonds. The van der Waals surface area contributed by atoms with Gasteiger partial charge in [0.15, 0.2) is 17.0 Å². The van der Waals surface area contributed by atoms with Gasteiger partial charge in [-0.25, -0.2) is 0 Å². The molecule has 3 rings (SSSR count). The van der Waals surface area contributed by atoms with Crippen LogP contribution in [0.3, 0.4) is 0 Å². The Hall–Kier alpha value is -3.68. The summed E-state index contributed by atoms with van der Waals surface area (Å²) in [4.78, 5) is 52.1. The Kier molecular flexibility index (Phi) is 6.86. The molecule has 0 aliphatic heterocycles. The van der Waals surface area contributed by atoms with Crippen molar-refractivity contribution in [2.45, 2.75) is 27.2 Å². The smallest absolute Gasteiger partial charge is 0.323 e. The molecule has 2 aromatic rings. The fraction of sp³-hybridized carbons (Fsp3) is 0.360. The molecule has 0 aromatic heterocycles. The second-order valence-corrected chi connectivity index (χ2v) is 7.67. The number of carbonyl (C=O) groups excluding carboxylic acids is 4. The molecule has 0 spiro atoms. The summed E-state index contributed by atoms with van der Waals surface area (Å²) in [5.74, 6) is -1.86. The highest BCUT2D eigenvalue weighted by atomic mass is 16.6. The minimum atomic E-state index is -1.67. The number of hydrogen-bond donors (Lipinski definition) is 0. The van der Waals surface area contributed by atoms with Gasteiger partial charge in [-0.15, -0.1) is 0 Å². The van der Waals surface area contributed by atoms with Crippen molar-refractivity contribution in [3.8, 4) is 11.5 Å². The molecule has 0 unspecified atom stereocenters. The van der Waals surface area contributed by atoms with E-state index in [4.69, 9.17) is 18.9 Å². The molecule has 0 heterocycles. The minimum Gasteiger partial charge on any atom is -0.496 e. The van der Waals surface area contributed by atoms with Crippen molar-refractivity contribution in [1.82, 2.24) is 0 Å². The third-order valence-electron chi connectivity index (χ3n) is 5.63. The number of ether oxygens (including phenoxy) is 4. The Balaban J connectivity index is 2.16. The molecule has 0 atom stereocenters. The quantitative estimate of drug-likeness (QED) is 0.378. The highest BCUT2D eigenvalue weighted by molar-refractivity contribution is 6.30. The number of esters is 2. The maximum atomic E-state index is 13.4. The summed E-state index contributed by atoms with van der Waals surface area (Å²) >= 11 is 0. The van der Waals surface area contributed by atoms with E-state index in [1.54, 1.807) is 38.1 Å². The first-order chi connectivity index (χ1) is 15.7. The Morgan fingerprint density at radius 2 is 1.39 bits per heavy atom. The second-order valence-electron chi connectivity index (χ2n) is 7.67. The van der Waals surface area contributed by atoms with Gasteiger partial charge in [-0.3, -0.25) is 19.2 Å². The topological polar surface area (TPSA) is 105 Å². The first kappa shape index (κ1) is 24.0. The molecule has 33 heavy (non-hydrogen) atoms.